The molecule has 0 radical (unpaired) electrons. The molecule has 1 aliphatic carbocycles. The predicted molar refractivity (Wildman–Crippen MR) is 73.9 cm³/mol. The minimum Gasteiger partial charge on any atom is -0.381 e. The number of rotatable bonds is 4. The van der Waals surface area contributed by atoms with Crippen LogP contribution in [0.3, 0.4) is 0 Å². The Balaban J connectivity index is 2.13. The molecule has 0 unspecified atom stereocenters. The van der Waals surface area contributed by atoms with Crippen LogP contribution >= 0.6 is 0 Å². The van der Waals surface area contributed by atoms with Crippen molar-refractivity contribution in [2.45, 2.75) is 32.7 Å². The average Bonchev–Trinajstić information content (AvgIpc) is 2.54. The zero-order valence-electron chi connectivity index (χ0n) is 12.1. The molecule has 1 fully saturated rings. The number of hydrogen-bond donors (Lipinski definition) is 2. The van der Waals surface area contributed by atoms with Crippen LogP contribution in [0.5, 0.6) is 0 Å². The Hall–Kier alpha value is -1.08. The number of nitrogens with two attached hydrogens (primary N) is 1. The molecule has 1 aromatic heterocycles. The first-order valence-electron chi connectivity index (χ1n) is 6.28. The number of imidazole rings is 1. The maximum absolute atomic E-state index is 12.2. The van der Waals surface area contributed by atoms with Crippen molar-refractivity contribution < 1.29 is 8.42 Å². The molecule has 0 spiro atoms. The molecule has 1 saturated carbocycles. The molecule has 0 saturated heterocycles. The van der Waals surface area contributed by atoms with Crippen LogP contribution in [0.15, 0.2) is 11.4 Å². The van der Waals surface area contributed by atoms with Gasteiger partial charge in [-0.2, -0.15) is 0 Å². The Morgan fingerprint density at radius 3 is 2.26 bits per heavy atom. The number of aromatic nitrogens is 2. The summed E-state index contributed by atoms with van der Waals surface area (Å²) in [5.74, 6) is 0.355. The van der Waals surface area contributed by atoms with E-state index in [1.807, 2.05) is 0 Å². The smallest absolute Gasteiger partial charge is 0.260 e. The molecule has 2 rings (SSSR count). The van der Waals surface area contributed by atoms with Crippen molar-refractivity contribution in [1.29, 1.82) is 0 Å². The Kier molecular flexibility index (Phi) is 2.98. The van der Waals surface area contributed by atoms with Crippen LogP contribution in [0.25, 0.3) is 0 Å². The van der Waals surface area contributed by atoms with Crippen molar-refractivity contribution in [3.05, 3.63) is 6.33 Å². The normalized spacial score (nSPS) is 21.5. The SMILES string of the molecule is Cn1cnc(N)c1S(=O)(=O)NCC1C(C)(C)C1(C)C. The lowest BCUT2D eigenvalue weighted by molar-refractivity contribution is 0.457. The Labute approximate surface area is 114 Å². The van der Waals surface area contributed by atoms with Crippen LogP contribution in [0.1, 0.15) is 27.7 Å². The Morgan fingerprint density at radius 1 is 1.37 bits per heavy atom. The highest BCUT2D eigenvalue weighted by Gasteiger charge is 2.64. The number of aryl methyl sites for hydroxylation is 1. The number of nitrogen functional groups attached to an aromatic ring is 1. The zero-order valence-corrected chi connectivity index (χ0v) is 12.9. The molecule has 0 amide bonds. The van der Waals surface area contributed by atoms with Crippen molar-refractivity contribution in [3.63, 3.8) is 0 Å². The number of hydrogen-bond acceptors (Lipinski definition) is 4. The number of anilines is 1. The van der Waals surface area contributed by atoms with Gasteiger partial charge in [0.05, 0.1) is 6.33 Å². The van der Waals surface area contributed by atoms with Gasteiger partial charge in [0.25, 0.3) is 10.0 Å². The van der Waals surface area contributed by atoms with Gasteiger partial charge in [0.2, 0.25) is 0 Å². The molecule has 0 aromatic carbocycles. The van der Waals surface area contributed by atoms with Crippen molar-refractivity contribution >= 4 is 15.8 Å². The van der Waals surface area contributed by atoms with E-state index in [1.165, 1.54) is 10.9 Å². The fourth-order valence-corrected chi connectivity index (χ4v) is 4.15. The van der Waals surface area contributed by atoms with Crippen molar-refractivity contribution in [1.82, 2.24) is 14.3 Å². The average molecular weight is 286 g/mol. The zero-order chi connectivity index (χ0) is 14.6. The highest BCUT2D eigenvalue weighted by atomic mass is 32.2. The molecular formula is C12H22N4O2S. The Morgan fingerprint density at radius 2 is 1.89 bits per heavy atom. The quantitative estimate of drug-likeness (QED) is 0.862. The summed E-state index contributed by atoms with van der Waals surface area (Å²) in [5.41, 5.74) is 5.90. The molecule has 0 atom stereocenters. The van der Waals surface area contributed by atoms with E-state index in [0.717, 1.165) is 0 Å². The minimum absolute atomic E-state index is 0.0313. The molecule has 0 bridgehead atoms. The largest absolute Gasteiger partial charge is 0.381 e. The summed E-state index contributed by atoms with van der Waals surface area (Å²) >= 11 is 0. The van der Waals surface area contributed by atoms with Crippen molar-refractivity contribution in [3.8, 4) is 0 Å². The number of sulfonamides is 1. The maximum atomic E-state index is 12.2. The summed E-state index contributed by atoms with van der Waals surface area (Å²) < 4.78 is 28.5. The predicted octanol–water partition coefficient (Wildman–Crippen LogP) is 0.963. The summed E-state index contributed by atoms with van der Waals surface area (Å²) in [6.07, 6.45) is 1.40. The molecule has 3 N–H and O–H groups in total. The summed E-state index contributed by atoms with van der Waals surface area (Å²) in [4.78, 5) is 3.80. The van der Waals surface area contributed by atoms with Gasteiger partial charge in [-0.25, -0.2) is 18.1 Å². The van der Waals surface area contributed by atoms with Crippen molar-refractivity contribution in [2.24, 2.45) is 23.8 Å². The molecule has 19 heavy (non-hydrogen) atoms. The highest BCUT2D eigenvalue weighted by Crippen LogP contribution is 2.67. The molecule has 108 valence electrons. The van der Waals surface area contributed by atoms with Crippen LogP contribution in [0.2, 0.25) is 0 Å². The van der Waals surface area contributed by atoms with Gasteiger partial charge in [0, 0.05) is 13.6 Å². The van der Waals surface area contributed by atoms with Crippen LogP contribution in [0.4, 0.5) is 5.82 Å². The summed E-state index contributed by atoms with van der Waals surface area (Å²) in [6, 6.07) is 0. The van der Waals surface area contributed by atoms with E-state index in [4.69, 9.17) is 5.73 Å². The topological polar surface area (TPSA) is 90.0 Å². The van der Waals surface area contributed by atoms with Gasteiger partial charge in [-0.1, -0.05) is 27.7 Å². The van der Waals surface area contributed by atoms with Gasteiger partial charge in [0.1, 0.15) is 0 Å². The van der Waals surface area contributed by atoms with Gasteiger partial charge in [-0.15, -0.1) is 0 Å². The Bertz CT molecular complexity index is 568. The van der Waals surface area contributed by atoms with E-state index in [9.17, 15) is 8.42 Å². The van der Waals surface area contributed by atoms with Crippen LogP contribution in [0, 0.1) is 16.7 Å². The second kappa shape index (κ2) is 3.96. The standard InChI is InChI=1S/C12H22N4O2S/c1-11(2)8(12(11,3)4)6-15-19(17,18)10-9(13)14-7-16(10)5/h7-8,15H,6,13H2,1-5H3. The van der Waals surface area contributed by atoms with E-state index in [0.29, 0.717) is 12.5 Å². The summed E-state index contributed by atoms with van der Waals surface area (Å²) in [7, 11) is -1.99. The van der Waals surface area contributed by atoms with E-state index in [1.54, 1.807) is 7.05 Å². The van der Waals surface area contributed by atoms with E-state index >= 15 is 0 Å². The van der Waals surface area contributed by atoms with Gasteiger partial charge in [-0.05, 0) is 16.7 Å². The maximum Gasteiger partial charge on any atom is 0.260 e. The molecule has 1 aromatic rings. The third-order valence-electron chi connectivity index (χ3n) is 4.96. The van der Waals surface area contributed by atoms with Gasteiger partial charge >= 0.3 is 0 Å². The van der Waals surface area contributed by atoms with Crippen LogP contribution in [-0.2, 0) is 17.1 Å². The van der Waals surface area contributed by atoms with Crippen LogP contribution in [-0.4, -0.2) is 24.5 Å². The lowest BCUT2D eigenvalue weighted by Gasteiger charge is -2.08. The van der Waals surface area contributed by atoms with Crippen LogP contribution < -0.4 is 10.5 Å². The molecular weight excluding hydrogens is 264 g/mol. The third kappa shape index (κ3) is 2.04. The molecule has 6 nitrogen and oxygen atoms in total. The monoisotopic (exact) mass is 286 g/mol. The fourth-order valence-electron chi connectivity index (χ4n) is 2.87. The lowest BCUT2D eigenvalue weighted by Crippen LogP contribution is -2.29. The fraction of sp³-hybridized carbons (Fsp3) is 0.750. The highest BCUT2D eigenvalue weighted by molar-refractivity contribution is 7.89. The minimum atomic E-state index is -3.61. The number of nitrogens with zero attached hydrogens (tertiary/aromatic N) is 2. The first kappa shape index (κ1) is 14.3. The van der Waals surface area contributed by atoms with E-state index in [2.05, 4.69) is 37.4 Å². The number of nitrogens with one attached hydrogen (secondary N) is 1. The molecule has 0 aliphatic heterocycles. The van der Waals surface area contributed by atoms with Gasteiger partial charge in [0.15, 0.2) is 10.8 Å². The van der Waals surface area contributed by atoms with E-state index in [-0.39, 0.29) is 21.7 Å². The second-order valence-electron chi connectivity index (χ2n) is 6.39. The first-order valence-corrected chi connectivity index (χ1v) is 7.76. The second-order valence-corrected chi connectivity index (χ2v) is 8.08. The summed E-state index contributed by atoms with van der Waals surface area (Å²) in [6.45, 7) is 9.05. The van der Waals surface area contributed by atoms with Gasteiger partial charge < -0.3 is 10.3 Å². The lowest BCUT2D eigenvalue weighted by atomic mass is 10.0. The molecule has 1 heterocycles. The first-order chi connectivity index (χ1) is 8.52. The van der Waals surface area contributed by atoms with Crippen molar-refractivity contribution in [2.75, 3.05) is 12.3 Å². The molecule has 1 aliphatic rings. The molecule has 7 heteroatoms. The third-order valence-corrected chi connectivity index (χ3v) is 6.51. The van der Waals surface area contributed by atoms with Gasteiger partial charge in [-0.3, -0.25) is 0 Å². The summed E-state index contributed by atoms with van der Waals surface area (Å²) in [5, 5.41) is 0.0313. The van der Waals surface area contributed by atoms with E-state index < -0.39 is 10.0 Å².